The second-order valence-electron chi connectivity index (χ2n) is 9.83. The minimum absolute atomic E-state index is 0.0489. The molecule has 0 aliphatic carbocycles. The Morgan fingerprint density at radius 1 is 1.05 bits per heavy atom. The molecule has 2 aliphatic heterocycles. The molecular weight excluding hydrogens is 503 g/mol. The highest BCUT2D eigenvalue weighted by molar-refractivity contribution is 6.33. The molecule has 0 saturated carbocycles. The number of piperazine rings is 2. The van der Waals surface area contributed by atoms with Crippen molar-refractivity contribution in [3.05, 3.63) is 88.3 Å². The molecule has 0 radical (unpaired) electrons. The van der Waals surface area contributed by atoms with E-state index in [2.05, 4.69) is 25.8 Å². The number of carbonyl (C=O) groups is 1. The number of rotatable bonds is 5. The summed E-state index contributed by atoms with van der Waals surface area (Å²) in [6, 6.07) is 18.7. The van der Waals surface area contributed by atoms with Crippen LogP contribution < -0.4 is 9.80 Å². The largest absolute Gasteiger partial charge is 0.368 e. The minimum atomic E-state index is -0.364. The van der Waals surface area contributed by atoms with Crippen molar-refractivity contribution < 1.29 is 9.18 Å². The molecule has 7 nitrogen and oxygen atoms in total. The lowest BCUT2D eigenvalue weighted by molar-refractivity contribution is 0.0673. The van der Waals surface area contributed by atoms with Gasteiger partial charge in [-0.15, -0.1) is 0 Å². The van der Waals surface area contributed by atoms with E-state index in [0.29, 0.717) is 41.6 Å². The monoisotopic (exact) mass is 532 g/mol. The number of hydrogen-bond donors (Lipinski definition) is 0. The standard InChI is InChI=1S/C29H30ClFN6O/c1-21-19-36(28-9-7-24(31)18-33-28)14-15-37(21)29(38)25-16-22(6-8-26(25)30)20-34-10-12-35(13-11-34)27-5-3-2-4-23(27)17-32/h2-9,16,18,21H,10-15,19-20H2,1H3/t21-/m1/s1. The summed E-state index contributed by atoms with van der Waals surface area (Å²) in [6.07, 6.45) is 1.22. The van der Waals surface area contributed by atoms with Crippen LogP contribution in [-0.4, -0.2) is 72.5 Å². The van der Waals surface area contributed by atoms with Crippen molar-refractivity contribution >= 4 is 29.0 Å². The third-order valence-corrected chi connectivity index (χ3v) is 7.66. The summed E-state index contributed by atoms with van der Waals surface area (Å²) in [5, 5.41) is 9.88. The van der Waals surface area contributed by atoms with Crippen molar-refractivity contribution in [2.75, 3.05) is 55.6 Å². The fourth-order valence-electron chi connectivity index (χ4n) is 5.26. The van der Waals surface area contributed by atoms with E-state index >= 15 is 0 Å². The van der Waals surface area contributed by atoms with Gasteiger partial charge in [-0.3, -0.25) is 9.69 Å². The van der Waals surface area contributed by atoms with Gasteiger partial charge in [0.2, 0.25) is 0 Å². The van der Waals surface area contributed by atoms with Gasteiger partial charge in [-0.25, -0.2) is 9.37 Å². The van der Waals surface area contributed by atoms with E-state index < -0.39 is 0 Å². The van der Waals surface area contributed by atoms with Gasteiger partial charge in [0.1, 0.15) is 17.7 Å². The topological polar surface area (TPSA) is 66.7 Å². The van der Waals surface area contributed by atoms with Crippen LogP contribution in [0.5, 0.6) is 0 Å². The van der Waals surface area contributed by atoms with Gasteiger partial charge in [0.25, 0.3) is 5.91 Å². The first-order valence-electron chi connectivity index (χ1n) is 12.9. The molecule has 0 N–H and O–H groups in total. The van der Waals surface area contributed by atoms with Crippen LogP contribution in [0, 0.1) is 17.1 Å². The van der Waals surface area contributed by atoms with Crippen LogP contribution in [0.3, 0.4) is 0 Å². The number of hydrogen-bond acceptors (Lipinski definition) is 6. The number of anilines is 2. The number of carbonyl (C=O) groups excluding carboxylic acids is 1. The predicted octanol–water partition coefficient (Wildman–Crippen LogP) is 4.42. The molecule has 38 heavy (non-hydrogen) atoms. The van der Waals surface area contributed by atoms with Crippen LogP contribution in [0.2, 0.25) is 5.02 Å². The molecule has 1 amide bonds. The highest BCUT2D eigenvalue weighted by Crippen LogP contribution is 2.25. The van der Waals surface area contributed by atoms with E-state index in [1.165, 1.54) is 12.3 Å². The summed E-state index contributed by atoms with van der Waals surface area (Å²) >= 11 is 6.51. The maximum atomic E-state index is 13.5. The molecule has 196 valence electrons. The lowest BCUT2D eigenvalue weighted by atomic mass is 10.1. The van der Waals surface area contributed by atoms with Gasteiger partial charge >= 0.3 is 0 Å². The van der Waals surface area contributed by atoms with Gasteiger partial charge in [0, 0.05) is 58.4 Å². The first-order chi connectivity index (χ1) is 18.4. The van der Waals surface area contributed by atoms with Crippen molar-refractivity contribution in [1.29, 1.82) is 5.26 Å². The van der Waals surface area contributed by atoms with Crippen LogP contribution in [0.1, 0.15) is 28.4 Å². The Hall–Kier alpha value is -3.67. The minimum Gasteiger partial charge on any atom is -0.368 e. The van der Waals surface area contributed by atoms with Gasteiger partial charge in [-0.05, 0) is 48.9 Å². The fraction of sp³-hybridized carbons (Fsp3) is 0.345. The van der Waals surface area contributed by atoms with Crippen LogP contribution in [0.25, 0.3) is 0 Å². The van der Waals surface area contributed by atoms with E-state index in [9.17, 15) is 14.4 Å². The lowest BCUT2D eigenvalue weighted by Gasteiger charge is -2.40. The number of para-hydroxylation sites is 1. The molecule has 0 unspecified atom stereocenters. The molecule has 2 aromatic carbocycles. The number of nitrogens with zero attached hydrogens (tertiary/aromatic N) is 6. The number of aromatic nitrogens is 1. The summed E-state index contributed by atoms with van der Waals surface area (Å²) in [6.45, 7) is 7.90. The molecule has 1 aromatic heterocycles. The number of pyridine rings is 1. The Balaban J connectivity index is 1.21. The van der Waals surface area contributed by atoms with E-state index in [1.54, 1.807) is 6.07 Å². The molecule has 0 bridgehead atoms. The smallest absolute Gasteiger partial charge is 0.255 e. The summed E-state index contributed by atoms with van der Waals surface area (Å²) in [7, 11) is 0. The zero-order chi connectivity index (χ0) is 26.6. The Bertz CT molecular complexity index is 1340. The maximum absolute atomic E-state index is 13.5. The second kappa shape index (κ2) is 11.4. The van der Waals surface area contributed by atoms with Gasteiger partial charge in [-0.1, -0.05) is 29.8 Å². The molecule has 0 spiro atoms. The van der Waals surface area contributed by atoms with Crippen molar-refractivity contribution in [2.45, 2.75) is 19.5 Å². The molecule has 2 saturated heterocycles. The van der Waals surface area contributed by atoms with Crippen LogP contribution >= 0.6 is 11.6 Å². The summed E-state index contributed by atoms with van der Waals surface area (Å²) in [5.74, 6) is 0.270. The molecule has 2 aliphatic rings. The van der Waals surface area contributed by atoms with Crippen molar-refractivity contribution in [3.63, 3.8) is 0 Å². The number of amides is 1. The summed E-state index contributed by atoms with van der Waals surface area (Å²) in [5.41, 5.74) is 3.25. The third-order valence-electron chi connectivity index (χ3n) is 7.33. The van der Waals surface area contributed by atoms with E-state index in [1.807, 2.05) is 54.3 Å². The lowest BCUT2D eigenvalue weighted by Crippen LogP contribution is -2.54. The van der Waals surface area contributed by atoms with E-state index in [-0.39, 0.29) is 17.8 Å². The van der Waals surface area contributed by atoms with Gasteiger partial charge in [0.15, 0.2) is 0 Å². The molecule has 5 rings (SSSR count). The zero-order valence-electron chi connectivity index (χ0n) is 21.4. The summed E-state index contributed by atoms with van der Waals surface area (Å²) in [4.78, 5) is 26.3. The van der Waals surface area contributed by atoms with E-state index in [0.717, 1.165) is 44.0 Å². The molecular formula is C29H30ClFN6O. The Morgan fingerprint density at radius 3 is 2.53 bits per heavy atom. The highest BCUT2D eigenvalue weighted by Gasteiger charge is 2.30. The average Bonchev–Trinajstić information content (AvgIpc) is 2.94. The molecule has 3 heterocycles. The van der Waals surface area contributed by atoms with Crippen LogP contribution in [0.4, 0.5) is 15.9 Å². The normalized spacial score (nSPS) is 18.4. The molecule has 3 aromatic rings. The fourth-order valence-corrected chi connectivity index (χ4v) is 5.46. The first-order valence-corrected chi connectivity index (χ1v) is 13.2. The first kappa shape index (κ1) is 26.0. The molecule has 1 atom stereocenters. The zero-order valence-corrected chi connectivity index (χ0v) is 22.1. The van der Waals surface area contributed by atoms with Crippen molar-refractivity contribution in [3.8, 4) is 6.07 Å². The maximum Gasteiger partial charge on any atom is 0.255 e. The summed E-state index contributed by atoms with van der Waals surface area (Å²) < 4.78 is 13.3. The van der Waals surface area contributed by atoms with E-state index in [4.69, 9.17) is 11.6 Å². The molecule has 2 fully saturated rings. The number of halogens is 2. The average molecular weight is 533 g/mol. The predicted molar refractivity (Wildman–Crippen MR) is 147 cm³/mol. The van der Waals surface area contributed by atoms with Crippen molar-refractivity contribution in [2.24, 2.45) is 0 Å². The Morgan fingerprint density at radius 2 is 1.82 bits per heavy atom. The number of benzene rings is 2. The van der Waals surface area contributed by atoms with Gasteiger partial charge in [-0.2, -0.15) is 5.26 Å². The SMILES string of the molecule is C[C@@H]1CN(c2ccc(F)cn2)CCN1C(=O)c1cc(CN2CCN(c3ccccc3C#N)CC2)ccc1Cl. The number of nitriles is 1. The highest BCUT2D eigenvalue weighted by atomic mass is 35.5. The third kappa shape index (κ3) is 5.59. The van der Waals surface area contributed by atoms with Crippen LogP contribution in [0.15, 0.2) is 60.8 Å². The van der Waals surface area contributed by atoms with Gasteiger partial charge in [0.05, 0.1) is 28.0 Å². The Labute approximate surface area is 227 Å². The van der Waals surface area contributed by atoms with Crippen molar-refractivity contribution in [1.82, 2.24) is 14.8 Å². The van der Waals surface area contributed by atoms with Crippen LogP contribution in [-0.2, 0) is 6.54 Å². The molecule has 9 heteroatoms. The second-order valence-corrected chi connectivity index (χ2v) is 10.2. The Kier molecular flexibility index (Phi) is 7.77. The quantitative estimate of drug-likeness (QED) is 0.485. The van der Waals surface area contributed by atoms with Gasteiger partial charge < -0.3 is 14.7 Å².